The molecule has 0 saturated carbocycles. The van der Waals surface area contributed by atoms with Crippen molar-refractivity contribution >= 4 is 11.9 Å². The molecule has 0 radical (unpaired) electrons. The van der Waals surface area contributed by atoms with Crippen LogP contribution >= 0.6 is 0 Å². The number of aliphatic carboxylic acids is 1. The zero-order valence-electron chi connectivity index (χ0n) is 9.85. The third-order valence-corrected chi connectivity index (χ3v) is 2.34. The first-order valence-corrected chi connectivity index (χ1v) is 5.59. The number of rotatable bonds is 6. The van der Waals surface area contributed by atoms with Crippen molar-refractivity contribution in [2.45, 2.75) is 25.8 Å². The smallest absolute Gasteiger partial charge is 0.303 e. The Morgan fingerprint density at radius 1 is 1.33 bits per heavy atom. The first kappa shape index (κ1) is 13.7. The lowest BCUT2D eigenvalue weighted by molar-refractivity contribution is -0.137. The van der Waals surface area contributed by atoms with E-state index in [0.29, 0.717) is 18.5 Å². The van der Waals surface area contributed by atoms with Crippen molar-refractivity contribution in [3.05, 3.63) is 35.4 Å². The fourth-order valence-corrected chi connectivity index (χ4v) is 1.44. The molecule has 0 unspecified atom stereocenters. The average molecular weight is 246 g/mol. The van der Waals surface area contributed by atoms with E-state index >= 15 is 0 Å². The molecule has 1 amide bonds. The molecular weight excluding hydrogens is 232 g/mol. The number of amides is 1. The molecule has 5 heteroatoms. The molecule has 1 aromatic rings. The number of carbonyl (C=O) groups is 2. The molecule has 1 aromatic carbocycles. The van der Waals surface area contributed by atoms with Gasteiger partial charge in [-0.05, 0) is 24.1 Å². The van der Waals surface area contributed by atoms with Crippen molar-refractivity contribution in [3.8, 4) is 6.07 Å². The normalized spacial score (nSPS) is 9.50. The molecule has 1 rings (SSSR count). The van der Waals surface area contributed by atoms with Gasteiger partial charge in [0.2, 0.25) is 5.91 Å². The van der Waals surface area contributed by atoms with Gasteiger partial charge in [0.05, 0.1) is 11.6 Å². The maximum absolute atomic E-state index is 11.4. The highest BCUT2D eigenvalue weighted by molar-refractivity contribution is 5.76. The number of benzene rings is 1. The number of carbonyl (C=O) groups excluding carboxylic acids is 1. The predicted octanol–water partition coefficient (Wildman–Crippen LogP) is 1.43. The molecule has 18 heavy (non-hydrogen) atoms. The second-order valence-electron chi connectivity index (χ2n) is 3.84. The Balaban J connectivity index is 2.33. The minimum Gasteiger partial charge on any atom is -0.481 e. The molecule has 94 valence electrons. The maximum Gasteiger partial charge on any atom is 0.303 e. The van der Waals surface area contributed by atoms with Crippen LogP contribution in [0.4, 0.5) is 0 Å². The first-order chi connectivity index (χ1) is 8.61. The molecule has 0 fully saturated rings. The second kappa shape index (κ2) is 7.07. The Kier molecular flexibility index (Phi) is 5.39. The summed E-state index contributed by atoms with van der Waals surface area (Å²) < 4.78 is 0. The molecule has 0 heterocycles. The summed E-state index contributed by atoms with van der Waals surface area (Å²) in [5.74, 6) is -1.08. The molecule has 0 aliphatic carbocycles. The molecule has 0 saturated heterocycles. The van der Waals surface area contributed by atoms with E-state index in [2.05, 4.69) is 5.32 Å². The van der Waals surface area contributed by atoms with E-state index < -0.39 is 5.97 Å². The van der Waals surface area contributed by atoms with Gasteiger partial charge in [0, 0.05) is 19.4 Å². The van der Waals surface area contributed by atoms with Crippen LogP contribution < -0.4 is 5.32 Å². The van der Waals surface area contributed by atoms with Gasteiger partial charge in [-0.2, -0.15) is 5.26 Å². The fourth-order valence-electron chi connectivity index (χ4n) is 1.44. The van der Waals surface area contributed by atoms with Crippen LogP contribution in [0.1, 0.15) is 30.4 Å². The van der Waals surface area contributed by atoms with E-state index in [1.165, 1.54) is 0 Å². The lowest BCUT2D eigenvalue weighted by atomic mass is 10.1. The van der Waals surface area contributed by atoms with Gasteiger partial charge in [-0.1, -0.05) is 12.1 Å². The number of nitrogens with one attached hydrogen (secondary N) is 1. The van der Waals surface area contributed by atoms with Crippen LogP contribution in [0, 0.1) is 11.3 Å². The molecular formula is C13H14N2O3. The van der Waals surface area contributed by atoms with Crippen molar-refractivity contribution in [2.75, 3.05) is 0 Å². The van der Waals surface area contributed by atoms with Crippen LogP contribution in [-0.4, -0.2) is 17.0 Å². The molecule has 2 N–H and O–H groups in total. The van der Waals surface area contributed by atoms with Crippen molar-refractivity contribution in [3.63, 3.8) is 0 Å². The van der Waals surface area contributed by atoms with Gasteiger partial charge >= 0.3 is 5.97 Å². The van der Waals surface area contributed by atoms with Gasteiger partial charge in [0.15, 0.2) is 0 Å². The fraction of sp³-hybridized carbons (Fsp3) is 0.308. The topological polar surface area (TPSA) is 90.2 Å². The first-order valence-electron chi connectivity index (χ1n) is 5.59. The number of hydrogen-bond acceptors (Lipinski definition) is 3. The quantitative estimate of drug-likeness (QED) is 0.794. The molecule has 0 aliphatic heterocycles. The van der Waals surface area contributed by atoms with Crippen molar-refractivity contribution in [2.24, 2.45) is 0 Å². The summed E-state index contributed by atoms with van der Waals surface area (Å²) in [6.45, 7) is 0.349. The SMILES string of the molecule is N#Cc1cccc(CNC(=O)CCCC(=O)O)c1. The molecule has 0 atom stereocenters. The second-order valence-corrected chi connectivity index (χ2v) is 3.84. The third kappa shape index (κ3) is 5.12. The van der Waals surface area contributed by atoms with E-state index in [1.807, 2.05) is 12.1 Å². The summed E-state index contributed by atoms with van der Waals surface area (Å²) in [7, 11) is 0. The summed E-state index contributed by atoms with van der Waals surface area (Å²) >= 11 is 0. The molecule has 0 aromatic heterocycles. The van der Waals surface area contributed by atoms with Crippen molar-refractivity contribution in [1.82, 2.24) is 5.32 Å². The Morgan fingerprint density at radius 3 is 2.78 bits per heavy atom. The zero-order chi connectivity index (χ0) is 13.4. The van der Waals surface area contributed by atoms with E-state index in [-0.39, 0.29) is 18.7 Å². The minimum atomic E-state index is -0.899. The zero-order valence-corrected chi connectivity index (χ0v) is 9.85. The minimum absolute atomic E-state index is 0.00264. The number of nitriles is 1. The van der Waals surface area contributed by atoms with Gasteiger partial charge in [-0.25, -0.2) is 0 Å². The van der Waals surface area contributed by atoms with Gasteiger partial charge in [0.25, 0.3) is 0 Å². The highest BCUT2D eigenvalue weighted by Crippen LogP contribution is 2.04. The number of carboxylic acid groups (broad SMARTS) is 1. The van der Waals surface area contributed by atoms with E-state index in [0.717, 1.165) is 5.56 Å². The van der Waals surface area contributed by atoms with Gasteiger partial charge in [0.1, 0.15) is 0 Å². The van der Waals surface area contributed by atoms with Gasteiger partial charge in [-0.3, -0.25) is 9.59 Å². The van der Waals surface area contributed by atoms with Crippen LogP contribution in [0.15, 0.2) is 24.3 Å². The van der Waals surface area contributed by atoms with E-state index in [4.69, 9.17) is 10.4 Å². The van der Waals surface area contributed by atoms with Crippen LogP contribution in [0.5, 0.6) is 0 Å². The Hall–Kier alpha value is -2.35. The van der Waals surface area contributed by atoms with Gasteiger partial charge < -0.3 is 10.4 Å². The Labute approximate surface area is 105 Å². The number of carboxylic acids is 1. The highest BCUT2D eigenvalue weighted by atomic mass is 16.4. The van der Waals surface area contributed by atoms with Crippen molar-refractivity contribution in [1.29, 1.82) is 5.26 Å². The lowest BCUT2D eigenvalue weighted by Crippen LogP contribution is -2.22. The van der Waals surface area contributed by atoms with E-state index in [1.54, 1.807) is 18.2 Å². The Morgan fingerprint density at radius 2 is 2.11 bits per heavy atom. The molecule has 5 nitrogen and oxygen atoms in total. The van der Waals surface area contributed by atoms with Crippen LogP contribution in [0.25, 0.3) is 0 Å². The summed E-state index contributed by atoms with van der Waals surface area (Å²) in [6.07, 6.45) is 0.529. The lowest BCUT2D eigenvalue weighted by Gasteiger charge is -2.05. The van der Waals surface area contributed by atoms with E-state index in [9.17, 15) is 9.59 Å². The van der Waals surface area contributed by atoms with Crippen molar-refractivity contribution < 1.29 is 14.7 Å². The average Bonchev–Trinajstić information content (AvgIpc) is 2.36. The summed E-state index contributed by atoms with van der Waals surface area (Å²) in [6, 6.07) is 8.99. The predicted molar refractivity (Wildman–Crippen MR) is 64.5 cm³/mol. The molecule has 0 spiro atoms. The molecule has 0 bridgehead atoms. The largest absolute Gasteiger partial charge is 0.481 e. The van der Waals surface area contributed by atoms with Crippen LogP contribution in [0.2, 0.25) is 0 Å². The Bertz CT molecular complexity index is 477. The van der Waals surface area contributed by atoms with Crippen LogP contribution in [-0.2, 0) is 16.1 Å². The monoisotopic (exact) mass is 246 g/mol. The van der Waals surface area contributed by atoms with Gasteiger partial charge in [-0.15, -0.1) is 0 Å². The summed E-state index contributed by atoms with van der Waals surface area (Å²) in [4.78, 5) is 21.7. The maximum atomic E-state index is 11.4. The number of hydrogen-bond donors (Lipinski definition) is 2. The highest BCUT2D eigenvalue weighted by Gasteiger charge is 2.04. The third-order valence-electron chi connectivity index (χ3n) is 2.34. The summed E-state index contributed by atoms with van der Waals surface area (Å²) in [5.41, 5.74) is 1.40. The molecule has 0 aliphatic rings. The number of nitrogens with zero attached hydrogens (tertiary/aromatic N) is 1. The van der Waals surface area contributed by atoms with Crippen LogP contribution in [0.3, 0.4) is 0 Å². The standard InChI is InChI=1S/C13H14N2O3/c14-8-10-3-1-4-11(7-10)9-15-12(16)5-2-6-13(17)18/h1,3-4,7H,2,5-6,9H2,(H,15,16)(H,17,18). The summed E-state index contributed by atoms with van der Waals surface area (Å²) in [5, 5.41) is 19.8.